The van der Waals surface area contributed by atoms with Gasteiger partial charge in [0.05, 0.1) is 0 Å². The molecule has 0 aromatic heterocycles. The van der Waals surface area contributed by atoms with Gasteiger partial charge in [0.25, 0.3) is 0 Å². The molecule has 0 bridgehead atoms. The van der Waals surface area contributed by atoms with Crippen molar-refractivity contribution in [1.29, 1.82) is 0 Å². The predicted molar refractivity (Wildman–Crippen MR) is 116 cm³/mol. The van der Waals surface area contributed by atoms with E-state index in [1.54, 1.807) is 0 Å². The molecule has 2 aliphatic heterocycles. The molecule has 2 heterocycles. The Kier molecular flexibility index (Phi) is 5.99. The Bertz CT molecular complexity index is 660. The second-order valence-electron chi connectivity index (χ2n) is 8.73. The minimum absolute atomic E-state index is 0.555. The largest absolute Gasteiger partial charge is 0.372 e. The molecule has 1 atom stereocenters. The summed E-state index contributed by atoms with van der Waals surface area (Å²) in [5, 5.41) is 0.926. The van der Waals surface area contributed by atoms with E-state index in [9.17, 15) is 0 Å². The monoisotopic (exact) mass is 387 g/mol. The van der Waals surface area contributed by atoms with E-state index in [1.807, 2.05) is 0 Å². The molecule has 27 heavy (non-hydrogen) atoms. The molecule has 1 aromatic rings. The highest BCUT2D eigenvalue weighted by Crippen LogP contribution is 2.37. The van der Waals surface area contributed by atoms with E-state index in [-0.39, 0.29) is 0 Å². The maximum atomic E-state index is 6.71. The second kappa shape index (κ2) is 8.45. The molecule has 1 aromatic carbocycles. The molecule has 0 spiro atoms. The summed E-state index contributed by atoms with van der Waals surface area (Å²) in [4.78, 5) is 7.46. The number of nitrogens with zero attached hydrogens (tertiary/aromatic N) is 3. The summed E-state index contributed by atoms with van der Waals surface area (Å²) in [6.07, 6.45) is 9.15. The van der Waals surface area contributed by atoms with E-state index in [0.29, 0.717) is 5.92 Å². The third-order valence-electron chi connectivity index (χ3n) is 6.95. The van der Waals surface area contributed by atoms with Crippen LogP contribution in [0.3, 0.4) is 0 Å². The smallest absolute Gasteiger partial charge is 0.0458 e. The fraction of sp³-hybridized carbons (Fsp3) is 0.652. The molecule has 0 amide bonds. The van der Waals surface area contributed by atoms with Crippen molar-refractivity contribution in [3.63, 3.8) is 0 Å². The zero-order chi connectivity index (χ0) is 18.8. The summed E-state index contributed by atoms with van der Waals surface area (Å²) >= 11 is 6.71. The zero-order valence-corrected chi connectivity index (χ0v) is 17.6. The van der Waals surface area contributed by atoms with Gasteiger partial charge in [0.15, 0.2) is 0 Å². The number of likely N-dealkylation sites (tertiary alicyclic amines) is 1. The van der Waals surface area contributed by atoms with Gasteiger partial charge in [0, 0.05) is 61.1 Å². The van der Waals surface area contributed by atoms with Gasteiger partial charge in [-0.25, -0.2) is 0 Å². The minimum Gasteiger partial charge on any atom is -0.372 e. The van der Waals surface area contributed by atoms with Crippen molar-refractivity contribution in [2.24, 2.45) is 5.92 Å². The lowest BCUT2D eigenvalue weighted by Crippen LogP contribution is -2.44. The number of allylic oxidation sites excluding steroid dienone is 1. The van der Waals surface area contributed by atoms with Crippen molar-refractivity contribution in [3.8, 4) is 0 Å². The highest BCUT2D eigenvalue weighted by atomic mass is 35.5. The van der Waals surface area contributed by atoms with Gasteiger partial charge < -0.3 is 14.7 Å². The molecule has 1 saturated carbocycles. The van der Waals surface area contributed by atoms with Crippen molar-refractivity contribution in [2.45, 2.75) is 51.0 Å². The van der Waals surface area contributed by atoms with Crippen molar-refractivity contribution in [2.75, 3.05) is 44.7 Å². The SMILES string of the molecule is C=C1C(Cc2ccc(N3CCN(C)CC3)cc2Cl)CCN1C1CCCCC1. The molecule has 4 heteroatoms. The van der Waals surface area contributed by atoms with E-state index < -0.39 is 0 Å². The second-order valence-corrected chi connectivity index (χ2v) is 9.14. The van der Waals surface area contributed by atoms with E-state index in [4.69, 9.17) is 11.6 Å². The summed E-state index contributed by atoms with van der Waals surface area (Å²) in [5.74, 6) is 0.555. The van der Waals surface area contributed by atoms with E-state index in [1.165, 1.54) is 62.0 Å². The highest BCUT2D eigenvalue weighted by molar-refractivity contribution is 6.31. The molecule has 148 valence electrons. The normalized spacial score (nSPS) is 25.4. The van der Waals surface area contributed by atoms with Gasteiger partial charge in [-0.15, -0.1) is 0 Å². The van der Waals surface area contributed by atoms with Gasteiger partial charge in [0.2, 0.25) is 0 Å². The Morgan fingerprint density at radius 1 is 1.00 bits per heavy atom. The van der Waals surface area contributed by atoms with Gasteiger partial charge in [-0.3, -0.25) is 0 Å². The van der Waals surface area contributed by atoms with Crippen LogP contribution in [0.25, 0.3) is 0 Å². The maximum absolute atomic E-state index is 6.71. The third-order valence-corrected chi connectivity index (χ3v) is 7.30. The Hall–Kier alpha value is -1.19. The quantitative estimate of drug-likeness (QED) is 0.734. The first kappa shape index (κ1) is 19.1. The molecule has 0 radical (unpaired) electrons. The van der Waals surface area contributed by atoms with E-state index >= 15 is 0 Å². The summed E-state index contributed by atoms with van der Waals surface area (Å²) < 4.78 is 0. The number of benzene rings is 1. The Morgan fingerprint density at radius 2 is 1.74 bits per heavy atom. The molecule has 3 fully saturated rings. The molecule has 1 unspecified atom stereocenters. The molecule has 3 aliphatic rings. The number of halogens is 1. The van der Waals surface area contributed by atoms with E-state index in [2.05, 4.69) is 46.5 Å². The first-order chi connectivity index (χ1) is 13.1. The van der Waals surface area contributed by atoms with Gasteiger partial charge in [-0.1, -0.05) is 43.5 Å². The molecule has 3 nitrogen and oxygen atoms in total. The average Bonchev–Trinajstić information content (AvgIpc) is 3.05. The summed E-state index contributed by atoms with van der Waals surface area (Å²) in [6, 6.07) is 7.44. The Labute approximate surface area is 170 Å². The lowest BCUT2D eigenvalue weighted by Gasteiger charge is -2.34. The minimum atomic E-state index is 0.555. The Morgan fingerprint density at radius 3 is 2.44 bits per heavy atom. The fourth-order valence-electron chi connectivity index (χ4n) is 5.10. The fourth-order valence-corrected chi connectivity index (χ4v) is 5.35. The number of likely N-dealkylation sites (N-methyl/N-ethyl adjacent to an activating group) is 1. The van der Waals surface area contributed by atoms with Crippen molar-refractivity contribution < 1.29 is 0 Å². The van der Waals surface area contributed by atoms with Crippen molar-refractivity contribution in [1.82, 2.24) is 9.80 Å². The maximum Gasteiger partial charge on any atom is 0.0458 e. The lowest BCUT2D eigenvalue weighted by molar-refractivity contribution is 0.222. The number of hydrogen-bond donors (Lipinski definition) is 0. The summed E-state index contributed by atoms with van der Waals surface area (Å²) in [5.41, 5.74) is 3.92. The first-order valence-electron chi connectivity index (χ1n) is 10.8. The Balaban J connectivity index is 1.38. The van der Waals surface area contributed by atoms with Crippen LogP contribution in [0.5, 0.6) is 0 Å². The molecular formula is C23H34ClN3. The number of anilines is 1. The van der Waals surface area contributed by atoms with Crippen LogP contribution in [0.15, 0.2) is 30.5 Å². The first-order valence-corrected chi connectivity index (χ1v) is 11.2. The van der Waals surface area contributed by atoms with Crippen molar-refractivity contribution >= 4 is 17.3 Å². The predicted octanol–water partition coefficient (Wildman–Crippen LogP) is 4.80. The van der Waals surface area contributed by atoms with Crippen LogP contribution in [0.1, 0.15) is 44.1 Å². The summed E-state index contributed by atoms with van der Waals surface area (Å²) in [7, 11) is 2.19. The lowest BCUT2D eigenvalue weighted by atomic mass is 9.93. The van der Waals surface area contributed by atoms with Crippen LogP contribution < -0.4 is 4.90 Å². The van der Waals surface area contributed by atoms with Gasteiger partial charge in [-0.05, 0) is 50.4 Å². The molecule has 4 rings (SSSR count). The van der Waals surface area contributed by atoms with E-state index in [0.717, 1.165) is 43.7 Å². The van der Waals surface area contributed by atoms with Crippen LogP contribution in [0, 0.1) is 5.92 Å². The molecule has 0 N–H and O–H groups in total. The number of piperazine rings is 1. The summed E-state index contributed by atoms with van der Waals surface area (Å²) in [6.45, 7) is 10.1. The number of hydrogen-bond acceptors (Lipinski definition) is 3. The molecular weight excluding hydrogens is 354 g/mol. The van der Waals surface area contributed by atoms with Gasteiger partial charge in [0.1, 0.15) is 0 Å². The van der Waals surface area contributed by atoms with Crippen LogP contribution in [-0.4, -0.2) is 55.6 Å². The third kappa shape index (κ3) is 4.30. The van der Waals surface area contributed by atoms with Crippen LogP contribution in [0.2, 0.25) is 5.02 Å². The highest BCUT2D eigenvalue weighted by Gasteiger charge is 2.32. The average molecular weight is 388 g/mol. The topological polar surface area (TPSA) is 9.72 Å². The standard InChI is InChI=1S/C23H34ClN3/c1-18-19(10-11-27(18)21-6-4-3-5-7-21)16-20-8-9-22(17-23(20)24)26-14-12-25(2)13-15-26/h8-9,17,19,21H,1,3-7,10-16H2,2H3. The number of rotatable bonds is 4. The van der Waals surface area contributed by atoms with Crippen molar-refractivity contribution in [3.05, 3.63) is 41.1 Å². The zero-order valence-electron chi connectivity index (χ0n) is 16.8. The van der Waals surface area contributed by atoms with Crippen LogP contribution in [0.4, 0.5) is 5.69 Å². The molecule has 1 aliphatic carbocycles. The van der Waals surface area contributed by atoms with Crippen LogP contribution in [-0.2, 0) is 6.42 Å². The van der Waals surface area contributed by atoms with Crippen LogP contribution >= 0.6 is 11.6 Å². The van der Waals surface area contributed by atoms with Gasteiger partial charge in [-0.2, -0.15) is 0 Å². The molecule has 2 saturated heterocycles. The van der Waals surface area contributed by atoms with Gasteiger partial charge >= 0.3 is 0 Å².